The molecule has 2 atom stereocenters. The number of carbonyl (C=O) groups excluding carboxylic acids is 1. The van der Waals surface area contributed by atoms with Crippen LogP contribution in [0.2, 0.25) is 0 Å². The van der Waals surface area contributed by atoms with Crippen LogP contribution < -0.4 is 5.73 Å². The van der Waals surface area contributed by atoms with Crippen molar-refractivity contribution in [1.29, 1.82) is 0 Å². The SMILES string of the molecule is CCc1ccc(C(=O)N2CCC(N)C2C)cc1. The number of likely N-dealkylation sites (tertiary alicyclic amines) is 1. The van der Waals surface area contributed by atoms with Crippen LogP contribution in [0.25, 0.3) is 0 Å². The Kier molecular flexibility index (Phi) is 3.48. The molecule has 3 heteroatoms. The minimum Gasteiger partial charge on any atom is -0.334 e. The molecule has 1 aliphatic rings. The largest absolute Gasteiger partial charge is 0.334 e. The van der Waals surface area contributed by atoms with Crippen LogP contribution in [0.5, 0.6) is 0 Å². The Bertz CT molecular complexity index is 399. The summed E-state index contributed by atoms with van der Waals surface area (Å²) in [6, 6.07) is 8.14. The Morgan fingerprint density at radius 2 is 2.06 bits per heavy atom. The number of nitrogens with two attached hydrogens (primary N) is 1. The molecule has 1 amide bonds. The Hall–Kier alpha value is -1.35. The van der Waals surface area contributed by atoms with Gasteiger partial charge in [-0.25, -0.2) is 0 Å². The summed E-state index contributed by atoms with van der Waals surface area (Å²) in [5.74, 6) is 0.105. The van der Waals surface area contributed by atoms with Crippen LogP contribution in [0.4, 0.5) is 0 Å². The first-order valence-electron chi connectivity index (χ1n) is 6.29. The highest BCUT2D eigenvalue weighted by Gasteiger charge is 2.31. The topological polar surface area (TPSA) is 46.3 Å². The van der Waals surface area contributed by atoms with Crippen LogP contribution in [0.1, 0.15) is 36.2 Å². The number of benzene rings is 1. The second-order valence-corrected chi connectivity index (χ2v) is 4.74. The number of hydrogen-bond donors (Lipinski definition) is 1. The van der Waals surface area contributed by atoms with Crippen LogP contribution in [-0.4, -0.2) is 29.4 Å². The molecule has 2 unspecified atom stereocenters. The van der Waals surface area contributed by atoms with Crippen LogP contribution in [-0.2, 0) is 6.42 Å². The molecule has 2 N–H and O–H groups in total. The van der Waals surface area contributed by atoms with Gasteiger partial charge in [-0.2, -0.15) is 0 Å². The minimum absolute atomic E-state index is 0.105. The number of rotatable bonds is 2. The zero-order valence-corrected chi connectivity index (χ0v) is 10.5. The van der Waals surface area contributed by atoms with Gasteiger partial charge in [-0.1, -0.05) is 19.1 Å². The van der Waals surface area contributed by atoms with Gasteiger partial charge in [0.25, 0.3) is 5.91 Å². The van der Waals surface area contributed by atoms with E-state index >= 15 is 0 Å². The van der Waals surface area contributed by atoms with E-state index in [0.29, 0.717) is 0 Å². The summed E-state index contributed by atoms with van der Waals surface area (Å²) in [6.07, 6.45) is 1.90. The molecule has 1 aromatic rings. The molecule has 0 radical (unpaired) electrons. The number of amides is 1. The lowest BCUT2D eigenvalue weighted by Gasteiger charge is -2.23. The molecule has 92 valence electrons. The molecule has 0 spiro atoms. The van der Waals surface area contributed by atoms with E-state index in [4.69, 9.17) is 5.73 Å². The summed E-state index contributed by atoms with van der Waals surface area (Å²) in [7, 11) is 0. The van der Waals surface area contributed by atoms with E-state index in [0.717, 1.165) is 24.9 Å². The first-order valence-corrected chi connectivity index (χ1v) is 6.29. The standard InChI is InChI=1S/C14H20N2O/c1-3-11-4-6-12(7-5-11)14(17)16-9-8-13(15)10(16)2/h4-7,10,13H,3,8-9,15H2,1-2H3. The summed E-state index contributed by atoms with van der Waals surface area (Å²) >= 11 is 0. The van der Waals surface area contributed by atoms with Crippen LogP contribution in [0.15, 0.2) is 24.3 Å². The third-order valence-electron chi connectivity index (χ3n) is 3.68. The molecule has 0 aromatic heterocycles. The highest BCUT2D eigenvalue weighted by molar-refractivity contribution is 5.94. The van der Waals surface area contributed by atoms with Crippen molar-refractivity contribution in [2.45, 2.75) is 38.8 Å². The van der Waals surface area contributed by atoms with Crippen molar-refractivity contribution in [1.82, 2.24) is 4.90 Å². The second-order valence-electron chi connectivity index (χ2n) is 4.74. The van der Waals surface area contributed by atoms with Gasteiger partial charge in [-0.05, 0) is 37.5 Å². The molecule has 0 bridgehead atoms. The fourth-order valence-corrected chi connectivity index (χ4v) is 2.30. The maximum atomic E-state index is 12.3. The van der Waals surface area contributed by atoms with Gasteiger partial charge in [-0.3, -0.25) is 4.79 Å². The lowest BCUT2D eigenvalue weighted by Crippen LogP contribution is -2.40. The maximum Gasteiger partial charge on any atom is 0.254 e. The smallest absolute Gasteiger partial charge is 0.254 e. The summed E-state index contributed by atoms with van der Waals surface area (Å²) in [5.41, 5.74) is 7.96. The fraction of sp³-hybridized carbons (Fsp3) is 0.500. The molecule has 1 fully saturated rings. The zero-order chi connectivity index (χ0) is 12.4. The molecule has 0 saturated carbocycles. The number of aryl methyl sites for hydroxylation is 1. The van der Waals surface area contributed by atoms with E-state index in [2.05, 4.69) is 6.92 Å². The summed E-state index contributed by atoms with van der Waals surface area (Å²) in [6.45, 7) is 4.91. The molecule has 0 aliphatic carbocycles. The van der Waals surface area contributed by atoms with Crippen LogP contribution in [0, 0.1) is 0 Å². The van der Waals surface area contributed by atoms with Crippen molar-refractivity contribution in [2.24, 2.45) is 5.73 Å². The molecule has 1 aliphatic heterocycles. The van der Waals surface area contributed by atoms with Crippen molar-refractivity contribution in [3.63, 3.8) is 0 Å². The van der Waals surface area contributed by atoms with E-state index in [9.17, 15) is 4.79 Å². The molecule has 1 heterocycles. The van der Waals surface area contributed by atoms with E-state index in [-0.39, 0.29) is 18.0 Å². The average molecular weight is 232 g/mol. The normalized spacial score (nSPS) is 24.1. The minimum atomic E-state index is 0.105. The van der Waals surface area contributed by atoms with Crippen molar-refractivity contribution in [3.8, 4) is 0 Å². The van der Waals surface area contributed by atoms with Gasteiger partial charge < -0.3 is 10.6 Å². The van der Waals surface area contributed by atoms with Gasteiger partial charge in [0.05, 0.1) is 0 Å². The van der Waals surface area contributed by atoms with Gasteiger partial charge in [0.2, 0.25) is 0 Å². The predicted molar refractivity (Wildman–Crippen MR) is 68.9 cm³/mol. The first-order chi connectivity index (χ1) is 8.13. The Labute approximate surface area is 103 Å². The molecule has 2 rings (SSSR count). The summed E-state index contributed by atoms with van der Waals surface area (Å²) < 4.78 is 0. The van der Waals surface area contributed by atoms with Gasteiger partial charge in [0.15, 0.2) is 0 Å². The highest BCUT2D eigenvalue weighted by atomic mass is 16.2. The molecular weight excluding hydrogens is 212 g/mol. The van der Waals surface area contributed by atoms with E-state index in [1.165, 1.54) is 5.56 Å². The number of hydrogen-bond acceptors (Lipinski definition) is 2. The molecule has 1 aromatic carbocycles. The van der Waals surface area contributed by atoms with E-state index in [1.807, 2.05) is 36.1 Å². The van der Waals surface area contributed by atoms with Crippen molar-refractivity contribution in [2.75, 3.05) is 6.54 Å². The Morgan fingerprint density at radius 1 is 1.41 bits per heavy atom. The molecular formula is C14H20N2O. The first kappa shape index (κ1) is 12.1. The Morgan fingerprint density at radius 3 is 2.53 bits per heavy atom. The van der Waals surface area contributed by atoms with Gasteiger partial charge in [-0.15, -0.1) is 0 Å². The van der Waals surface area contributed by atoms with Gasteiger partial charge in [0, 0.05) is 24.2 Å². The lowest BCUT2D eigenvalue weighted by molar-refractivity contribution is 0.0742. The van der Waals surface area contributed by atoms with Crippen molar-refractivity contribution >= 4 is 5.91 Å². The zero-order valence-electron chi connectivity index (χ0n) is 10.5. The van der Waals surface area contributed by atoms with Crippen molar-refractivity contribution in [3.05, 3.63) is 35.4 Å². The summed E-state index contributed by atoms with van der Waals surface area (Å²) in [4.78, 5) is 14.2. The average Bonchev–Trinajstić information content (AvgIpc) is 2.69. The molecule has 17 heavy (non-hydrogen) atoms. The lowest BCUT2D eigenvalue weighted by atomic mass is 10.1. The second kappa shape index (κ2) is 4.88. The fourth-order valence-electron chi connectivity index (χ4n) is 2.30. The van der Waals surface area contributed by atoms with Crippen LogP contribution in [0.3, 0.4) is 0 Å². The predicted octanol–water partition coefficient (Wildman–Crippen LogP) is 1.81. The number of nitrogens with zero attached hydrogens (tertiary/aromatic N) is 1. The van der Waals surface area contributed by atoms with E-state index in [1.54, 1.807) is 0 Å². The molecule has 3 nitrogen and oxygen atoms in total. The van der Waals surface area contributed by atoms with Crippen molar-refractivity contribution < 1.29 is 4.79 Å². The van der Waals surface area contributed by atoms with E-state index < -0.39 is 0 Å². The van der Waals surface area contributed by atoms with Gasteiger partial charge >= 0.3 is 0 Å². The third kappa shape index (κ3) is 2.34. The third-order valence-corrected chi connectivity index (χ3v) is 3.68. The highest BCUT2D eigenvalue weighted by Crippen LogP contribution is 2.19. The monoisotopic (exact) mass is 232 g/mol. The quantitative estimate of drug-likeness (QED) is 0.845. The maximum absolute atomic E-state index is 12.3. The number of carbonyl (C=O) groups is 1. The van der Waals surface area contributed by atoms with Crippen LogP contribution >= 0.6 is 0 Å². The van der Waals surface area contributed by atoms with Gasteiger partial charge in [0.1, 0.15) is 0 Å². The summed E-state index contributed by atoms with van der Waals surface area (Å²) in [5, 5.41) is 0. The Balaban J connectivity index is 2.14. The molecule has 1 saturated heterocycles.